The van der Waals surface area contributed by atoms with Crippen LogP contribution in [0.25, 0.3) is 22.4 Å². The Morgan fingerprint density at radius 3 is 2.14 bits per heavy atom. The quantitative estimate of drug-likeness (QED) is 0.113. The van der Waals surface area contributed by atoms with Gasteiger partial charge in [-0.15, -0.1) is 0 Å². The molecule has 3 saturated heterocycles. The van der Waals surface area contributed by atoms with Crippen molar-refractivity contribution in [3.8, 4) is 22.4 Å². The van der Waals surface area contributed by atoms with Crippen molar-refractivity contribution < 1.29 is 37.5 Å². The van der Waals surface area contributed by atoms with E-state index in [4.69, 9.17) is 11.6 Å². The second-order valence-corrected chi connectivity index (χ2v) is 16.1. The van der Waals surface area contributed by atoms with E-state index in [1.165, 1.54) is 54.3 Å². The number of piperazine rings is 1. The first-order valence-electron chi connectivity index (χ1n) is 19.5. The Labute approximate surface area is 339 Å². The number of aromatic nitrogens is 4. The van der Waals surface area contributed by atoms with Gasteiger partial charge < -0.3 is 39.9 Å². The summed E-state index contributed by atoms with van der Waals surface area (Å²) in [6, 6.07) is 7.38. The minimum atomic E-state index is -1.09. The normalized spacial score (nSPS) is 16.2. The van der Waals surface area contributed by atoms with E-state index < -0.39 is 23.5 Å². The second kappa shape index (κ2) is 17.3. The summed E-state index contributed by atoms with van der Waals surface area (Å²) >= 11 is 6.56. The van der Waals surface area contributed by atoms with Gasteiger partial charge in [0.1, 0.15) is 0 Å². The van der Waals surface area contributed by atoms with Gasteiger partial charge >= 0.3 is 5.97 Å². The number of quaternary nitrogens is 1. The molecule has 2 aromatic heterocycles. The van der Waals surface area contributed by atoms with Crippen molar-refractivity contribution in [1.82, 2.24) is 40.2 Å². The number of benzene rings is 2. The minimum absolute atomic E-state index is 0.00947. The number of nitrogens with one attached hydrogen (secondary N) is 4. The van der Waals surface area contributed by atoms with Crippen molar-refractivity contribution in [3.05, 3.63) is 76.5 Å². The number of rotatable bonds is 15. The molecule has 4 aromatic rings. The molecule has 0 atom stereocenters. The van der Waals surface area contributed by atoms with Crippen LogP contribution in [0.3, 0.4) is 0 Å². The molecule has 3 aliphatic heterocycles. The molecule has 3 aliphatic rings. The molecular weight excluding hydrogens is 774 g/mol. The van der Waals surface area contributed by atoms with Crippen LogP contribution < -0.4 is 16.0 Å². The predicted octanol–water partition coefficient (Wildman–Crippen LogP) is 3.37. The van der Waals surface area contributed by atoms with E-state index >= 15 is 8.78 Å². The molecule has 15 nitrogen and oxygen atoms in total. The van der Waals surface area contributed by atoms with Gasteiger partial charge in [0, 0.05) is 112 Å². The minimum Gasteiger partial charge on any atom is -0.477 e. The van der Waals surface area contributed by atoms with Crippen LogP contribution >= 0.6 is 11.6 Å². The van der Waals surface area contributed by atoms with Gasteiger partial charge in [0.15, 0.2) is 24.0 Å². The third-order valence-electron chi connectivity index (χ3n) is 11.6. The predicted molar refractivity (Wildman–Crippen MR) is 212 cm³/mol. The number of carboxylic acids is 1. The van der Waals surface area contributed by atoms with Crippen molar-refractivity contribution in [2.45, 2.75) is 19.8 Å². The van der Waals surface area contributed by atoms with E-state index in [1.54, 1.807) is 16.7 Å². The highest BCUT2D eigenvalue weighted by molar-refractivity contribution is 6.34. The van der Waals surface area contributed by atoms with Crippen LogP contribution in [-0.2, 0) is 16.6 Å². The van der Waals surface area contributed by atoms with Gasteiger partial charge in [-0.2, -0.15) is 5.10 Å². The first-order valence-corrected chi connectivity index (χ1v) is 19.9. The summed E-state index contributed by atoms with van der Waals surface area (Å²) in [5.74, 6) is -3.09. The smallest absolute Gasteiger partial charge is 0.359 e. The fourth-order valence-corrected chi connectivity index (χ4v) is 8.52. The molecular formula is C40H48ClF2N10O5+. The third-order valence-corrected chi connectivity index (χ3v) is 11.9. The fraction of sp³-hybridized carbons (Fsp3) is 0.450. The summed E-state index contributed by atoms with van der Waals surface area (Å²) in [7, 11) is 1.51. The standard InChI is InChI=1S/C40H47ClF2N10O5/c1-24-31(19-47-49-24)28-7-8-30(37(43)36(28)42)33-20-46-38(50(33)2)39(57)48-27-5-6-29(32(41)14-27)40(58)52-11-9-51(10-12-52)34(54)4-3-13-53(23-35(55)56,21-25-15-44-16-25)22-26-17-45-18-26/h5-8,14,19-20,25-26,44-45H,3-4,9-13,15-18,21-23H2,1-2H3,(H2-,47,48,49,55,56,57,58)/p+1. The highest BCUT2D eigenvalue weighted by atomic mass is 35.5. The van der Waals surface area contributed by atoms with E-state index in [2.05, 4.69) is 31.1 Å². The summed E-state index contributed by atoms with van der Waals surface area (Å²) < 4.78 is 32.3. The van der Waals surface area contributed by atoms with Crippen molar-refractivity contribution in [2.24, 2.45) is 18.9 Å². The van der Waals surface area contributed by atoms with Gasteiger partial charge in [0.2, 0.25) is 5.91 Å². The van der Waals surface area contributed by atoms with Gasteiger partial charge in [0.05, 0.1) is 48.3 Å². The number of halogens is 3. The Bertz CT molecular complexity index is 2180. The maximum absolute atomic E-state index is 15.3. The monoisotopic (exact) mass is 821 g/mol. The van der Waals surface area contributed by atoms with Crippen molar-refractivity contribution in [3.63, 3.8) is 0 Å². The third kappa shape index (κ3) is 8.77. The Hall–Kier alpha value is -5.23. The zero-order valence-corrected chi connectivity index (χ0v) is 33.2. The SMILES string of the molecule is Cc1[nH]ncc1-c1ccc(-c2cnc(C(=O)Nc3ccc(C(=O)N4CCN(C(=O)CCC[N+](CC(=O)O)(CC5CNC5)CC5CNC5)CC4)c(Cl)c3)n2C)c(F)c1F. The number of nitrogens with zero attached hydrogens (tertiary/aromatic N) is 6. The van der Waals surface area contributed by atoms with Crippen LogP contribution in [0.4, 0.5) is 14.5 Å². The Morgan fingerprint density at radius 2 is 1.55 bits per heavy atom. The molecule has 2 aromatic carbocycles. The first-order chi connectivity index (χ1) is 27.8. The van der Waals surface area contributed by atoms with Gasteiger partial charge in [-0.05, 0) is 31.2 Å². The molecule has 0 radical (unpaired) electrons. The molecule has 5 N–H and O–H groups in total. The number of hydrogen-bond donors (Lipinski definition) is 5. The molecule has 5 heterocycles. The van der Waals surface area contributed by atoms with Crippen LogP contribution in [0.2, 0.25) is 5.02 Å². The maximum Gasteiger partial charge on any atom is 0.359 e. The summed E-state index contributed by atoms with van der Waals surface area (Å²) in [6.07, 6.45) is 3.61. The van der Waals surface area contributed by atoms with Gasteiger partial charge in [-0.1, -0.05) is 17.7 Å². The maximum atomic E-state index is 15.3. The van der Waals surface area contributed by atoms with E-state index in [0.29, 0.717) is 78.8 Å². The molecule has 7 rings (SSSR count). The Balaban J connectivity index is 0.920. The number of aryl methyl sites for hydroxylation is 1. The number of carbonyl (C=O) groups is 4. The van der Waals surface area contributed by atoms with Crippen LogP contribution in [0.5, 0.6) is 0 Å². The summed E-state index contributed by atoms with van der Waals surface area (Å²) in [5, 5.41) is 25.8. The molecule has 0 unspecified atom stereocenters. The van der Waals surface area contributed by atoms with E-state index in [0.717, 1.165) is 39.3 Å². The molecule has 0 spiro atoms. The zero-order chi connectivity index (χ0) is 41.1. The number of anilines is 1. The van der Waals surface area contributed by atoms with Crippen molar-refractivity contribution in [2.75, 3.05) is 83.9 Å². The van der Waals surface area contributed by atoms with E-state index in [1.807, 2.05) is 0 Å². The number of carbonyl (C=O) groups excluding carboxylic acids is 3. The lowest BCUT2D eigenvalue weighted by Crippen LogP contribution is -2.63. The lowest BCUT2D eigenvalue weighted by atomic mass is 9.96. The molecule has 0 aliphatic carbocycles. The van der Waals surface area contributed by atoms with Crippen molar-refractivity contribution in [1.29, 1.82) is 0 Å². The highest BCUT2D eigenvalue weighted by Gasteiger charge is 2.39. The molecule has 308 valence electrons. The number of aromatic amines is 1. The summed E-state index contributed by atoms with van der Waals surface area (Å²) in [5.41, 5.74) is 1.72. The topological polar surface area (TPSA) is 178 Å². The van der Waals surface area contributed by atoms with Gasteiger partial charge in [-0.25, -0.2) is 18.6 Å². The Morgan fingerprint density at radius 1 is 0.914 bits per heavy atom. The van der Waals surface area contributed by atoms with Gasteiger partial charge in [0.25, 0.3) is 11.8 Å². The average molecular weight is 822 g/mol. The Kier molecular flexibility index (Phi) is 12.2. The number of H-pyrrole nitrogens is 1. The molecule has 58 heavy (non-hydrogen) atoms. The number of amides is 3. The summed E-state index contributed by atoms with van der Waals surface area (Å²) in [4.78, 5) is 59.6. The molecule has 3 amide bonds. The average Bonchev–Trinajstić information content (AvgIpc) is 3.76. The zero-order valence-electron chi connectivity index (χ0n) is 32.5. The molecule has 18 heteroatoms. The van der Waals surface area contributed by atoms with Crippen LogP contribution in [0.15, 0.2) is 42.7 Å². The molecule has 0 saturated carbocycles. The largest absolute Gasteiger partial charge is 0.477 e. The number of aliphatic carboxylic acids is 1. The van der Waals surface area contributed by atoms with E-state index in [-0.39, 0.29) is 51.6 Å². The first kappa shape index (κ1) is 40.9. The van der Waals surface area contributed by atoms with Gasteiger partial charge in [-0.3, -0.25) is 19.5 Å². The lowest BCUT2D eigenvalue weighted by molar-refractivity contribution is -0.928. The van der Waals surface area contributed by atoms with Crippen LogP contribution in [0, 0.1) is 30.4 Å². The number of imidazole rings is 1. The van der Waals surface area contributed by atoms with Crippen molar-refractivity contribution >= 4 is 41.0 Å². The lowest BCUT2D eigenvalue weighted by Gasteiger charge is -2.46. The van der Waals surface area contributed by atoms with Crippen LogP contribution in [0.1, 0.15) is 39.5 Å². The molecule has 0 bridgehead atoms. The molecule has 3 fully saturated rings. The number of hydrogen-bond acceptors (Lipinski definition) is 8. The fourth-order valence-electron chi connectivity index (χ4n) is 8.26. The summed E-state index contributed by atoms with van der Waals surface area (Å²) in [6.45, 7) is 8.91. The second-order valence-electron chi connectivity index (χ2n) is 15.7. The highest BCUT2D eigenvalue weighted by Crippen LogP contribution is 2.33. The van der Waals surface area contributed by atoms with Crippen LogP contribution in [-0.4, -0.2) is 141 Å². The number of carboxylic acid groups (broad SMARTS) is 1. The van der Waals surface area contributed by atoms with E-state index in [9.17, 15) is 24.3 Å².